The molecule has 2 aromatic carbocycles. The molecule has 0 aliphatic heterocycles. The Balaban J connectivity index is 2.46. The minimum Gasteiger partial charge on any atom is -0.543 e. The van der Waals surface area contributed by atoms with Gasteiger partial charge in [-0.3, -0.25) is 9.11 Å². The van der Waals surface area contributed by atoms with Crippen LogP contribution in [-0.4, -0.2) is 34.3 Å². The van der Waals surface area contributed by atoms with Crippen LogP contribution in [0.4, 0.5) is 0 Å². The number of benzene rings is 2. The van der Waals surface area contributed by atoms with E-state index in [2.05, 4.69) is 45.7 Å². The van der Waals surface area contributed by atoms with Gasteiger partial charge >= 0.3 is 20.8 Å². The fourth-order valence-corrected chi connectivity index (χ4v) is 10.4. The van der Waals surface area contributed by atoms with Crippen LogP contribution >= 0.6 is 0 Å². The summed E-state index contributed by atoms with van der Waals surface area (Å²) in [6.45, 7) is 12.8. The molecule has 0 heterocycles. The minimum atomic E-state index is -4.74. The van der Waals surface area contributed by atoms with E-state index in [0.717, 1.165) is 0 Å². The van der Waals surface area contributed by atoms with Gasteiger partial charge in [-0.1, -0.05) is 65.8 Å². The molecule has 0 bridgehead atoms. The average molecular weight is 545 g/mol. The first-order chi connectivity index (χ1) is 16.0. The Morgan fingerprint density at radius 2 is 1.09 bits per heavy atom. The van der Waals surface area contributed by atoms with Crippen LogP contribution in [0.25, 0.3) is 12.2 Å². The first kappa shape index (κ1) is 28.9. The minimum absolute atomic E-state index is 0.0544. The summed E-state index contributed by atoms with van der Waals surface area (Å²) in [6, 6.07) is 10.5. The van der Waals surface area contributed by atoms with Gasteiger partial charge in [0.1, 0.15) is 17.2 Å². The van der Waals surface area contributed by atoms with Crippen molar-refractivity contribution in [2.24, 2.45) is 0 Å². The van der Waals surface area contributed by atoms with Crippen molar-refractivity contribution < 1.29 is 38.7 Å². The molecule has 12 heteroatoms. The second kappa shape index (κ2) is 11.1. The van der Waals surface area contributed by atoms with Gasteiger partial charge in [0.05, 0.1) is 0 Å². The zero-order chi connectivity index (χ0) is 26.6. The van der Waals surface area contributed by atoms with E-state index in [9.17, 15) is 21.4 Å². The first-order valence-electron chi connectivity index (χ1n) is 11.0. The number of rotatable bonds is 11. The van der Waals surface area contributed by atoms with Gasteiger partial charge in [0.25, 0.3) is 8.32 Å². The fourth-order valence-electron chi connectivity index (χ4n) is 4.42. The van der Waals surface area contributed by atoms with Gasteiger partial charge in [0, 0.05) is 6.07 Å². The van der Waals surface area contributed by atoms with Crippen LogP contribution in [0.2, 0.25) is 16.6 Å². The summed E-state index contributed by atoms with van der Waals surface area (Å²) in [5.74, 6) is 0.285. The molecule has 0 unspecified atom stereocenters. The van der Waals surface area contributed by atoms with Crippen molar-refractivity contribution in [3.8, 4) is 17.2 Å². The zero-order valence-corrected chi connectivity index (χ0v) is 23.1. The zero-order valence-electron chi connectivity index (χ0n) is 20.5. The van der Waals surface area contributed by atoms with Gasteiger partial charge in [-0.2, -0.15) is 16.8 Å². The van der Waals surface area contributed by atoms with Crippen molar-refractivity contribution >= 4 is 41.3 Å². The molecular formula is C23H32O9S2Si. The van der Waals surface area contributed by atoms with Gasteiger partial charge in [-0.25, -0.2) is 0 Å². The Hall–Kier alpha value is -2.38. The van der Waals surface area contributed by atoms with E-state index < -0.39 is 29.1 Å². The average Bonchev–Trinajstić information content (AvgIpc) is 2.68. The fraction of sp³-hybridized carbons (Fsp3) is 0.391. The third-order valence-corrected chi connectivity index (χ3v) is 12.5. The molecule has 2 aromatic rings. The number of hydrogen-bond donors (Lipinski definition) is 2. The molecule has 0 saturated carbocycles. The highest BCUT2D eigenvalue weighted by atomic mass is 32.3. The summed E-state index contributed by atoms with van der Waals surface area (Å²) in [5.41, 5.74) is 2.05. The molecule has 0 amide bonds. The summed E-state index contributed by atoms with van der Waals surface area (Å²) in [4.78, 5) is 0. The lowest BCUT2D eigenvalue weighted by Gasteiger charge is -2.42. The Bertz CT molecular complexity index is 1230. The predicted octanol–water partition coefficient (Wildman–Crippen LogP) is 5.77. The van der Waals surface area contributed by atoms with Crippen LogP contribution in [0, 0.1) is 0 Å². The highest BCUT2D eigenvalue weighted by Crippen LogP contribution is 2.43. The maximum atomic E-state index is 11.4. The quantitative estimate of drug-likeness (QED) is 0.205. The summed E-state index contributed by atoms with van der Waals surface area (Å²) in [7, 11) is -11.7. The second-order valence-electron chi connectivity index (χ2n) is 9.08. The molecule has 2 rings (SSSR count). The molecule has 0 spiro atoms. The van der Waals surface area contributed by atoms with Crippen molar-refractivity contribution in [3.63, 3.8) is 0 Å². The van der Waals surface area contributed by atoms with Crippen LogP contribution in [0.3, 0.4) is 0 Å². The monoisotopic (exact) mass is 544 g/mol. The predicted molar refractivity (Wildman–Crippen MR) is 138 cm³/mol. The standard InChI is InChI=1S/C23H32O9S2Si/c1-16(2)35(17(3)4,18(5)6)32-23-14-20(13-22(15-23)31-34(27,28)29)8-7-19-9-11-21(12-10-19)30-33(24,25)26/h7-18H,1-6H3,(H,24,25,26)(H,27,28,29)/b8-7+. The summed E-state index contributed by atoms with van der Waals surface area (Å²) in [6.07, 6.45) is 3.39. The highest BCUT2D eigenvalue weighted by Gasteiger charge is 2.47. The molecular weight excluding hydrogens is 512 g/mol. The first-order valence-corrected chi connectivity index (χ1v) is 15.8. The molecule has 0 aromatic heterocycles. The van der Waals surface area contributed by atoms with E-state index in [0.29, 0.717) is 16.9 Å². The van der Waals surface area contributed by atoms with Crippen molar-refractivity contribution in [2.45, 2.75) is 58.2 Å². The summed E-state index contributed by atoms with van der Waals surface area (Å²) in [5, 5.41) is 0. The summed E-state index contributed by atoms with van der Waals surface area (Å²) < 4.78 is 78.1. The van der Waals surface area contributed by atoms with Crippen molar-refractivity contribution in [1.29, 1.82) is 0 Å². The van der Waals surface area contributed by atoms with E-state index in [1.807, 2.05) is 0 Å². The highest BCUT2D eigenvalue weighted by molar-refractivity contribution is 7.81. The maximum Gasteiger partial charge on any atom is 0.446 e. The van der Waals surface area contributed by atoms with Crippen molar-refractivity contribution in [3.05, 3.63) is 53.6 Å². The normalized spacial score (nSPS) is 13.1. The molecule has 0 aliphatic carbocycles. The Morgan fingerprint density at radius 3 is 1.54 bits per heavy atom. The Morgan fingerprint density at radius 1 is 0.657 bits per heavy atom. The third-order valence-electron chi connectivity index (χ3n) is 5.66. The third kappa shape index (κ3) is 8.35. The topological polar surface area (TPSA) is 136 Å². The molecule has 0 saturated heterocycles. The van der Waals surface area contributed by atoms with E-state index >= 15 is 0 Å². The molecule has 0 aliphatic rings. The van der Waals surface area contributed by atoms with Crippen LogP contribution in [-0.2, 0) is 20.8 Å². The largest absolute Gasteiger partial charge is 0.543 e. The van der Waals surface area contributed by atoms with Gasteiger partial charge in [0.2, 0.25) is 0 Å². The molecule has 0 atom stereocenters. The van der Waals surface area contributed by atoms with Crippen LogP contribution < -0.4 is 12.8 Å². The molecule has 194 valence electrons. The lowest BCUT2D eigenvalue weighted by molar-refractivity contribution is 0.383. The van der Waals surface area contributed by atoms with Crippen molar-refractivity contribution in [2.75, 3.05) is 0 Å². The summed E-state index contributed by atoms with van der Waals surface area (Å²) >= 11 is 0. The molecule has 0 radical (unpaired) electrons. The second-order valence-corrected chi connectivity index (χ2v) is 16.5. The van der Waals surface area contributed by atoms with Crippen LogP contribution in [0.1, 0.15) is 52.7 Å². The molecule has 2 N–H and O–H groups in total. The molecule has 9 nitrogen and oxygen atoms in total. The van der Waals surface area contributed by atoms with Gasteiger partial charge in [-0.05, 0) is 52.0 Å². The maximum absolute atomic E-state index is 11.4. The Kier molecular flexibility index (Phi) is 9.17. The molecule has 0 fully saturated rings. The van der Waals surface area contributed by atoms with E-state index in [1.165, 1.54) is 24.3 Å². The van der Waals surface area contributed by atoms with Crippen LogP contribution in [0.15, 0.2) is 42.5 Å². The van der Waals surface area contributed by atoms with Gasteiger partial charge < -0.3 is 12.8 Å². The van der Waals surface area contributed by atoms with Gasteiger partial charge in [-0.15, -0.1) is 0 Å². The van der Waals surface area contributed by atoms with E-state index in [-0.39, 0.29) is 28.1 Å². The lowest BCUT2D eigenvalue weighted by Crippen LogP contribution is -2.50. The smallest absolute Gasteiger partial charge is 0.446 e. The SMILES string of the molecule is CC(C)[Si](Oc1cc(/C=C/c2ccc(OS(=O)(=O)O)cc2)cc(OS(=O)(=O)O)c1)(C(C)C)C(C)C. The lowest BCUT2D eigenvalue weighted by atomic mass is 10.1. The molecule has 35 heavy (non-hydrogen) atoms. The van der Waals surface area contributed by atoms with E-state index in [1.54, 1.807) is 30.4 Å². The van der Waals surface area contributed by atoms with Crippen LogP contribution in [0.5, 0.6) is 17.2 Å². The van der Waals surface area contributed by atoms with Gasteiger partial charge in [0.15, 0.2) is 0 Å². The number of hydrogen-bond acceptors (Lipinski definition) is 7. The van der Waals surface area contributed by atoms with Crippen molar-refractivity contribution in [1.82, 2.24) is 0 Å². The Labute approximate surface area is 208 Å². The van der Waals surface area contributed by atoms with E-state index in [4.69, 9.17) is 13.2 Å².